The van der Waals surface area contributed by atoms with Crippen molar-refractivity contribution in [2.24, 2.45) is 0 Å². The molecule has 2 aromatic heterocycles. The van der Waals surface area contributed by atoms with Crippen LogP contribution in [0.2, 0.25) is 0 Å². The number of nitriles is 1. The molecular weight excluding hydrogens is 344 g/mol. The van der Waals surface area contributed by atoms with Gasteiger partial charge in [-0.2, -0.15) is 10.4 Å². The largest absolute Gasteiger partial charge is 0.316 e. The summed E-state index contributed by atoms with van der Waals surface area (Å²) in [6, 6.07) is 2.27. The first-order valence-electron chi connectivity index (χ1n) is 7.68. The van der Waals surface area contributed by atoms with Crippen molar-refractivity contribution in [1.29, 1.82) is 5.26 Å². The van der Waals surface area contributed by atoms with Gasteiger partial charge in [-0.1, -0.05) is 18.7 Å². The van der Waals surface area contributed by atoms with Gasteiger partial charge in [-0.3, -0.25) is 9.89 Å². The van der Waals surface area contributed by atoms with Gasteiger partial charge in [0, 0.05) is 18.0 Å². The van der Waals surface area contributed by atoms with E-state index >= 15 is 0 Å². The number of aromatic nitrogens is 3. The van der Waals surface area contributed by atoms with E-state index in [0.29, 0.717) is 22.1 Å². The first-order chi connectivity index (χ1) is 11.6. The first kappa shape index (κ1) is 17.0. The number of carbonyl (C=O) groups is 1. The number of thioether (sulfide) groups is 1. The van der Waals surface area contributed by atoms with Gasteiger partial charge >= 0.3 is 0 Å². The highest BCUT2D eigenvalue weighted by Gasteiger charge is 2.26. The van der Waals surface area contributed by atoms with E-state index in [2.05, 4.69) is 38.5 Å². The van der Waals surface area contributed by atoms with E-state index in [1.165, 1.54) is 34.3 Å². The zero-order chi connectivity index (χ0) is 17.1. The number of amides is 1. The molecule has 1 aliphatic rings. The van der Waals surface area contributed by atoms with Gasteiger partial charge < -0.3 is 10.2 Å². The van der Waals surface area contributed by atoms with Crippen molar-refractivity contribution in [1.82, 2.24) is 20.1 Å². The van der Waals surface area contributed by atoms with Gasteiger partial charge in [0.05, 0.1) is 10.8 Å². The van der Waals surface area contributed by atoms with Crippen molar-refractivity contribution in [3.05, 3.63) is 22.3 Å². The average molecular weight is 362 g/mol. The molecule has 1 amide bonds. The second-order valence-corrected chi connectivity index (χ2v) is 7.90. The van der Waals surface area contributed by atoms with E-state index in [0.717, 1.165) is 25.1 Å². The number of hydrogen-bond donors (Lipinski definition) is 2. The maximum atomic E-state index is 12.6. The summed E-state index contributed by atoms with van der Waals surface area (Å²) in [6.45, 7) is 3.71. The molecule has 24 heavy (non-hydrogen) atoms. The van der Waals surface area contributed by atoms with Gasteiger partial charge in [-0.25, -0.2) is 4.98 Å². The fraction of sp³-hybridized carbons (Fsp3) is 0.467. The summed E-state index contributed by atoms with van der Waals surface area (Å²) in [5, 5.41) is 20.0. The van der Waals surface area contributed by atoms with Gasteiger partial charge in [-0.05, 0) is 25.5 Å². The summed E-state index contributed by atoms with van der Waals surface area (Å²) in [4.78, 5) is 20.1. The number of H-pyrrole nitrogens is 1. The number of rotatable bonds is 5. The Morgan fingerprint density at radius 3 is 3.17 bits per heavy atom. The summed E-state index contributed by atoms with van der Waals surface area (Å²) < 4.78 is 0. The number of likely N-dealkylation sites (N-methyl/N-ethyl adjacent to an activating group) is 1. The minimum atomic E-state index is -0.286. The average Bonchev–Trinajstić information content (AvgIpc) is 3.18. The van der Waals surface area contributed by atoms with E-state index in [1.807, 2.05) is 6.92 Å². The van der Waals surface area contributed by atoms with E-state index < -0.39 is 0 Å². The lowest BCUT2D eigenvalue weighted by atomic mass is 10.0. The number of aromatic amines is 1. The van der Waals surface area contributed by atoms with Crippen LogP contribution in [-0.2, 0) is 17.8 Å². The van der Waals surface area contributed by atoms with Crippen molar-refractivity contribution < 1.29 is 4.79 Å². The van der Waals surface area contributed by atoms with Gasteiger partial charge in [0.2, 0.25) is 5.91 Å². The molecule has 1 aliphatic heterocycles. The molecule has 3 heterocycles. The van der Waals surface area contributed by atoms with E-state index in [-0.39, 0.29) is 11.2 Å². The fourth-order valence-corrected chi connectivity index (χ4v) is 4.73. The molecule has 0 saturated heterocycles. The molecule has 0 spiro atoms. The van der Waals surface area contributed by atoms with E-state index in [1.54, 1.807) is 0 Å². The van der Waals surface area contributed by atoms with Crippen LogP contribution < -0.4 is 5.32 Å². The van der Waals surface area contributed by atoms with Crippen LogP contribution in [0.4, 0.5) is 5.00 Å². The molecule has 0 aliphatic carbocycles. The monoisotopic (exact) mass is 362 g/mol. The van der Waals surface area contributed by atoms with Crippen LogP contribution in [0.5, 0.6) is 0 Å². The molecule has 2 N–H and O–H groups in total. The summed E-state index contributed by atoms with van der Waals surface area (Å²) in [5.74, 6) is -0.109. The Morgan fingerprint density at radius 2 is 2.50 bits per heavy atom. The van der Waals surface area contributed by atoms with Crippen LogP contribution in [0, 0.1) is 11.3 Å². The molecule has 126 valence electrons. The number of thiophene rings is 1. The quantitative estimate of drug-likeness (QED) is 0.792. The van der Waals surface area contributed by atoms with Crippen molar-refractivity contribution in [3.8, 4) is 6.07 Å². The number of nitrogens with one attached hydrogen (secondary N) is 2. The molecule has 1 unspecified atom stereocenters. The SMILES string of the molecule is CCC(Sc1ncn[nH]1)C(=O)Nc1sc2c(c1C#N)CCN(C)C2. The van der Waals surface area contributed by atoms with Crippen molar-refractivity contribution >= 4 is 34.0 Å². The van der Waals surface area contributed by atoms with Crippen LogP contribution in [0.25, 0.3) is 0 Å². The number of fused-ring (bicyclic) bond motifs is 1. The lowest BCUT2D eigenvalue weighted by Crippen LogP contribution is -2.25. The zero-order valence-corrected chi connectivity index (χ0v) is 15.1. The van der Waals surface area contributed by atoms with Crippen molar-refractivity contribution in [3.63, 3.8) is 0 Å². The minimum Gasteiger partial charge on any atom is -0.316 e. The smallest absolute Gasteiger partial charge is 0.238 e. The highest BCUT2D eigenvalue weighted by Crippen LogP contribution is 2.37. The zero-order valence-electron chi connectivity index (χ0n) is 13.5. The van der Waals surface area contributed by atoms with Gasteiger partial charge in [0.1, 0.15) is 17.4 Å². The van der Waals surface area contributed by atoms with Crippen LogP contribution >= 0.6 is 23.1 Å². The predicted octanol–water partition coefficient (Wildman–Crippen LogP) is 2.24. The second kappa shape index (κ2) is 7.34. The molecule has 7 nitrogen and oxygen atoms in total. The van der Waals surface area contributed by atoms with Gasteiger partial charge in [0.25, 0.3) is 0 Å². The highest BCUT2D eigenvalue weighted by molar-refractivity contribution is 8.00. The van der Waals surface area contributed by atoms with E-state index in [9.17, 15) is 10.1 Å². The van der Waals surface area contributed by atoms with E-state index in [4.69, 9.17) is 0 Å². The third kappa shape index (κ3) is 3.45. The lowest BCUT2D eigenvalue weighted by Gasteiger charge is -2.21. The second-order valence-electron chi connectivity index (χ2n) is 5.60. The van der Waals surface area contributed by atoms with Crippen LogP contribution in [0.15, 0.2) is 11.5 Å². The number of carbonyl (C=O) groups excluding carboxylic acids is 1. The number of anilines is 1. The molecule has 1 atom stereocenters. The lowest BCUT2D eigenvalue weighted by molar-refractivity contribution is -0.115. The molecule has 0 fully saturated rings. The molecular formula is C15H18N6OS2. The first-order valence-corrected chi connectivity index (χ1v) is 9.38. The minimum absolute atomic E-state index is 0.109. The standard InChI is InChI=1S/C15H18N6OS2/c1-3-11(24-15-17-8-18-20-15)13(22)19-14-10(6-16)9-4-5-21(2)7-12(9)23-14/h8,11H,3-5,7H2,1-2H3,(H,19,22)(H,17,18,20). The summed E-state index contributed by atoms with van der Waals surface area (Å²) >= 11 is 2.86. The Bertz CT molecular complexity index is 764. The Balaban J connectivity index is 1.77. The maximum absolute atomic E-state index is 12.6. The topological polar surface area (TPSA) is 97.7 Å². The van der Waals surface area contributed by atoms with Crippen LogP contribution in [0.3, 0.4) is 0 Å². The third-order valence-corrected chi connectivity index (χ3v) is 6.29. The maximum Gasteiger partial charge on any atom is 0.238 e. The molecule has 2 aromatic rings. The Hall–Kier alpha value is -1.89. The Morgan fingerprint density at radius 1 is 1.67 bits per heavy atom. The van der Waals surface area contributed by atoms with Crippen LogP contribution in [-0.4, -0.2) is 44.8 Å². The van der Waals surface area contributed by atoms with Gasteiger partial charge in [-0.15, -0.1) is 11.3 Å². The normalized spacial score (nSPS) is 15.5. The Kier molecular flexibility index (Phi) is 5.18. The number of nitrogens with zero attached hydrogens (tertiary/aromatic N) is 4. The third-order valence-electron chi connectivity index (χ3n) is 3.91. The van der Waals surface area contributed by atoms with Crippen molar-refractivity contribution in [2.75, 3.05) is 18.9 Å². The van der Waals surface area contributed by atoms with Crippen molar-refractivity contribution in [2.45, 2.75) is 36.7 Å². The molecule has 0 aromatic carbocycles. The molecule has 9 heteroatoms. The van der Waals surface area contributed by atoms with Crippen LogP contribution in [0.1, 0.15) is 29.3 Å². The number of hydrogen-bond acceptors (Lipinski definition) is 7. The predicted molar refractivity (Wildman–Crippen MR) is 94.0 cm³/mol. The molecule has 3 rings (SSSR count). The fourth-order valence-electron chi connectivity index (χ4n) is 2.64. The highest BCUT2D eigenvalue weighted by atomic mass is 32.2. The molecule has 0 saturated carbocycles. The summed E-state index contributed by atoms with van der Waals surface area (Å²) in [7, 11) is 2.06. The summed E-state index contributed by atoms with van der Waals surface area (Å²) in [6.07, 6.45) is 2.93. The Labute approximate surface area is 148 Å². The van der Waals surface area contributed by atoms with Gasteiger partial charge in [0.15, 0.2) is 5.16 Å². The molecule has 0 radical (unpaired) electrons. The molecule has 0 bridgehead atoms. The summed E-state index contributed by atoms with van der Waals surface area (Å²) in [5.41, 5.74) is 1.71.